The molecule has 3 aliphatic rings. The third kappa shape index (κ3) is 2.88. The van der Waals surface area contributed by atoms with Gasteiger partial charge in [-0.15, -0.1) is 0 Å². The van der Waals surface area contributed by atoms with E-state index in [0.717, 1.165) is 30.5 Å². The van der Waals surface area contributed by atoms with Gasteiger partial charge in [0.1, 0.15) is 0 Å². The van der Waals surface area contributed by atoms with Crippen LogP contribution in [0, 0.1) is 5.92 Å². The molecule has 2 heterocycles. The second-order valence-electron chi connectivity index (χ2n) is 7.20. The van der Waals surface area contributed by atoms with E-state index < -0.39 is 10.0 Å². The second kappa shape index (κ2) is 6.37. The molecule has 7 heteroatoms. The van der Waals surface area contributed by atoms with Crippen LogP contribution < -0.4 is 4.90 Å². The first kappa shape index (κ1) is 17.0. The number of nitrogens with zero attached hydrogens (tertiary/aromatic N) is 2. The number of sulfonamides is 1. The van der Waals surface area contributed by atoms with Gasteiger partial charge < -0.3 is 9.64 Å². The van der Waals surface area contributed by atoms with E-state index in [1.54, 1.807) is 12.1 Å². The Hall–Kier alpha value is -1.44. The molecule has 1 amide bonds. The predicted octanol–water partition coefficient (Wildman–Crippen LogP) is 1.79. The van der Waals surface area contributed by atoms with Gasteiger partial charge in [-0.3, -0.25) is 4.79 Å². The topological polar surface area (TPSA) is 66.9 Å². The van der Waals surface area contributed by atoms with Crippen LogP contribution in [0.25, 0.3) is 0 Å². The molecule has 4 rings (SSSR count). The minimum atomic E-state index is -3.50. The van der Waals surface area contributed by atoms with Gasteiger partial charge in [0.05, 0.1) is 18.1 Å². The van der Waals surface area contributed by atoms with Crippen molar-refractivity contribution in [3.8, 4) is 0 Å². The first-order valence-corrected chi connectivity index (χ1v) is 10.5. The number of benzene rings is 1. The van der Waals surface area contributed by atoms with Gasteiger partial charge in [-0.25, -0.2) is 8.42 Å². The number of amides is 1. The van der Waals surface area contributed by atoms with Crippen LogP contribution in [-0.2, 0) is 26.0 Å². The number of hydrogen-bond donors (Lipinski definition) is 0. The molecule has 1 aliphatic carbocycles. The maximum atomic E-state index is 12.8. The highest BCUT2D eigenvalue weighted by molar-refractivity contribution is 7.89. The normalized spacial score (nSPS) is 24.8. The van der Waals surface area contributed by atoms with E-state index in [0.29, 0.717) is 37.6 Å². The number of carbonyl (C=O) groups excluding carboxylic acids is 1. The van der Waals surface area contributed by atoms with Crippen molar-refractivity contribution in [1.82, 2.24) is 4.31 Å². The number of carbonyl (C=O) groups is 1. The Bertz CT molecular complexity index is 782. The highest BCUT2D eigenvalue weighted by Gasteiger charge is 2.38. The Morgan fingerprint density at radius 1 is 1.20 bits per heavy atom. The minimum Gasteiger partial charge on any atom is -0.379 e. The molecule has 0 spiro atoms. The third-order valence-corrected chi connectivity index (χ3v) is 7.46. The first-order valence-electron chi connectivity index (χ1n) is 9.02. The van der Waals surface area contributed by atoms with Crippen LogP contribution in [0.4, 0.5) is 5.69 Å². The third-order valence-electron chi connectivity index (χ3n) is 5.57. The first-order chi connectivity index (χ1) is 12.0. The quantitative estimate of drug-likeness (QED) is 0.820. The van der Waals surface area contributed by atoms with Crippen molar-refractivity contribution in [2.45, 2.75) is 43.5 Å². The van der Waals surface area contributed by atoms with Crippen molar-refractivity contribution in [2.75, 3.05) is 31.2 Å². The van der Waals surface area contributed by atoms with Gasteiger partial charge in [0, 0.05) is 30.7 Å². The van der Waals surface area contributed by atoms with E-state index >= 15 is 0 Å². The van der Waals surface area contributed by atoms with Crippen LogP contribution in [0.2, 0.25) is 0 Å². The van der Waals surface area contributed by atoms with Crippen molar-refractivity contribution in [1.29, 1.82) is 0 Å². The molecule has 2 fully saturated rings. The zero-order chi connectivity index (χ0) is 17.6. The Morgan fingerprint density at radius 2 is 1.92 bits per heavy atom. The molecule has 25 heavy (non-hydrogen) atoms. The van der Waals surface area contributed by atoms with E-state index in [2.05, 4.69) is 0 Å². The van der Waals surface area contributed by atoms with Crippen LogP contribution in [0.15, 0.2) is 23.1 Å². The molecule has 1 aromatic carbocycles. The molecular weight excluding hydrogens is 340 g/mol. The Balaban J connectivity index is 1.62. The van der Waals surface area contributed by atoms with Crippen molar-refractivity contribution < 1.29 is 17.9 Å². The smallest absolute Gasteiger partial charge is 0.243 e. The van der Waals surface area contributed by atoms with Crippen LogP contribution in [0.5, 0.6) is 0 Å². The molecule has 0 aromatic heterocycles. The summed E-state index contributed by atoms with van der Waals surface area (Å²) in [5.41, 5.74) is 1.83. The molecule has 1 saturated carbocycles. The van der Waals surface area contributed by atoms with Gasteiger partial charge in [0.25, 0.3) is 0 Å². The second-order valence-corrected chi connectivity index (χ2v) is 9.13. The molecule has 0 bridgehead atoms. The van der Waals surface area contributed by atoms with E-state index in [-0.39, 0.29) is 17.9 Å². The molecule has 0 radical (unpaired) electrons. The number of fused-ring (bicyclic) bond motifs is 1. The maximum Gasteiger partial charge on any atom is 0.243 e. The van der Waals surface area contributed by atoms with Crippen molar-refractivity contribution in [2.24, 2.45) is 5.92 Å². The van der Waals surface area contributed by atoms with Crippen LogP contribution in [0.1, 0.15) is 31.7 Å². The summed E-state index contributed by atoms with van der Waals surface area (Å²) >= 11 is 0. The number of hydrogen-bond acceptors (Lipinski definition) is 4. The molecule has 2 aliphatic heterocycles. The van der Waals surface area contributed by atoms with Crippen LogP contribution in [0.3, 0.4) is 0 Å². The van der Waals surface area contributed by atoms with Crippen LogP contribution in [-0.4, -0.2) is 51.0 Å². The van der Waals surface area contributed by atoms with Crippen molar-refractivity contribution >= 4 is 21.6 Å². The van der Waals surface area contributed by atoms with Gasteiger partial charge in [0.15, 0.2) is 0 Å². The zero-order valence-corrected chi connectivity index (χ0v) is 15.3. The fourth-order valence-electron chi connectivity index (χ4n) is 3.89. The average Bonchev–Trinajstić information content (AvgIpc) is 2.88. The lowest BCUT2D eigenvalue weighted by Crippen LogP contribution is -2.42. The predicted molar refractivity (Wildman–Crippen MR) is 94.0 cm³/mol. The van der Waals surface area contributed by atoms with Gasteiger partial charge in [-0.05, 0) is 49.9 Å². The van der Waals surface area contributed by atoms with E-state index in [9.17, 15) is 13.2 Å². The Labute approximate surface area is 148 Å². The Morgan fingerprint density at radius 3 is 2.56 bits per heavy atom. The fourth-order valence-corrected chi connectivity index (χ4v) is 5.35. The summed E-state index contributed by atoms with van der Waals surface area (Å²) in [6.07, 6.45) is 3.78. The van der Waals surface area contributed by atoms with E-state index in [1.807, 2.05) is 17.9 Å². The fraction of sp³-hybridized carbons (Fsp3) is 0.611. The molecule has 0 unspecified atom stereocenters. The number of ether oxygens (including phenoxy) is 1. The van der Waals surface area contributed by atoms with Crippen molar-refractivity contribution in [3.63, 3.8) is 0 Å². The number of morpholine rings is 1. The summed E-state index contributed by atoms with van der Waals surface area (Å²) in [5, 5.41) is 0. The number of anilines is 1. The largest absolute Gasteiger partial charge is 0.379 e. The molecule has 1 saturated heterocycles. The van der Waals surface area contributed by atoms with E-state index in [1.165, 1.54) is 4.31 Å². The molecule has 1 atom stereocenters. The minimum absolute atomic E-state index is 0.0874. The van der Waals surface area contributed by atoms with Crippen LogP contribution >= 0.6 is 0 Å². The van der Waals surface area contributed by atoms with Gasteiger partial charge in [-0.2, -0.15) is 4.31 Å². The SMILES string of the molecule is C[C@H]1Cc2cc(S(=O)(=O)N3CCOCC3)ccc2N1C(=O)C1CCC1. The summed E-state index contributed by atoms with van der Waals surface area (Å²) in [6, 6.07) is 5.29. The highest BCUT2D eigenvalue weighted by Crippen LogP contribution is 2.38. The molecule has 1 aromatic rings. The lowest BCUT2D eigenvalue weighted by atomic mass is 9.84. The Kier molecular flexibility index (Phi) is 4.33. The number of rotatable bonds is 3. The molecule has 0 N–H and O–H groups in total. The molecule has 6 nitrogen and oxygen atoms in total. The zero-order valence-electron chi connectivity index (χ0n) is 14.5. The lowest BCUT2D eigenvalue weighted by Gasteiger charge is -2.32. The van der Waals surface area contributed by atoms with Crippen molar-refractivity contribution in [3.05, 3.63) is 23.8 Å². The summed E-state index contributed by atoms with van der Waals surface area (Å²) in [7, 11) is -3.50. The summed E-state index contributed by atoms with van der Waals surface area (Å²) in [6.45, 7) is 3.69. The lowest BCUT2D eigenvalue weighted by molar-refractivity contribution is -0.125. The maximum absolute atomic E-state index is 12.8. The van der Waals surface area contributed by atoms with Gasteiger partial charge in [-0.1, -0.05) is 6.42 Å². The molecule has 136 valence electrons. The highest BCUT2D eigenvalue weighted by atomic mass is 32.2. The standard InChI is InChI=1S/C18H24N2O4S/c1-13-11-15-12-16(25(22,23)19-7-9-24-10-8-19)5-6-17(15)20(13)18(21)14-3-2-4-14/h5-6,12-14H,2-4,7-11H2,1H3/t13-/m0/s1. The summed E-state index contributed by atoms with van der Waals surface area (Å²) < 4.78 is 32.4. The van der Waals surface area contributed by atoms with Gasteiger partial charge >= 0.3 is 0 Å². The van der Waals surface area contributed by atoms with E-state index in [4.69, 9.17) is 4.74 Å². The molecular formula is C18H24N2O4S. The van der Waals surface area contributed by atoms with Gasteiger partial charge in [0.2, 0.25) is 15.9 Å². The summed E-state index contributed by atoms with van der Waals surface area (Å²) in [4.78, 5) is 14.9. The summed E-state index contributed by atoms with van der Waals surface area (Å²) in [5.74, 6) is 0.339. The average molecular weight is 364 g/mol. The monoisotopic (exact) mass is 364 g/mol.